The zero-order chi connectivity index (χ0) is 14.5. The van der Waals surface area contributed by atoms with E-state index in [1.807, 2.05) is 0 Å². The van der Waals surface area contributed by atoms with E-state index in [9.17, 15) is 14.0 Å². The highest BCUT2D eigenvalue weighted by atomic mass is 19.1. The summed E-state index contributed by atoms with van der Waals surface area (Å²) < 4.78 is 17.7. The largest absolute Gasteiger partial charge is 0.383 e. The van der Waals surface area contributed by atoms with Crippen LogP contribution in [0.25, 0.3) is 0 Å². The van der Waals surface area contributed by atoms with Crippen molar-refractivity contribution in [2.45, 2.75) is 6.42 Å². The van der Waals surface area contributed by atoms with E-state index in [0.29, 0.717) is 25.4 Å². The first-order valence-corrected chi connectivity index (χ1v) is 6.44. The van der Waals surface area contributed by atoms with Gasteiger partial charge in [0.2, 0.25) is 11.8 Å². The number of rotatable bonds is 5. The molecule has 0 bridgehead atoms. The smallest absolute Gasteiger partial charge is 0.227 e. The second-order valence-electron chi connectivity index (χ2n) is 4.67. The van der Waals surface area contributed by atoms with Crippen molar-refractivity contribution >= 4 is 17.5 Å². The van der Waals surface area contributed by atoms with Gasteiger partial charge in [0.25, 0.3) is 0 Å². The lowest BCUT2D eigenvalue weighted by Crippen LogP contribution is -2.34. The highest BCUT2D eigenvalue weighted by Gasteiger charge is 2.34. The van der Waals surface area contributed by atoms with E-state index >= 15 is 0 Å². The van der Waals surface area contributed by atoms with Crippen LogP contribution >= 0.6 is 0 Å². The van der Waals surface area contributed by atoms with Gasteiger partial charge in [-0.1, -0.05) is 0 Å². The molecule has 0 spiro atoms. The third-order valence-electron chi connectivity index (χ3n) is 3.24. The van der Waals surface area contributed by atoms with Gasteiger partial charge in [0.1, 0.15) is 5.82 Å². The van der Waals surface area contributed by atoms with Gasteiger partial charge in [-0.05, 0) is 24.3 Å². The second-order valence-corrected chi connectivity index (χ2v) is 4.67. The fraction of sp³-hybridized carbons (Fsp3) is 0.429. The van der Waals surface area contributed by atoms with E-state index in [1.54, 1.807) is 19.2 Å². The summed E-state index contributed by atoms with van der Waals surface area (Å²) in [5.74, 6) is -0.998. The van der Waals surface area contributed by atoms with Crippen molar-refractivity contribution in [3.63, 3.8) is 0 Å². The summed E-state index contributed by atoms with van der Waals surface area (Å²) in [6.45, 7) is 1.19. The first-order valence-electron chi connectivity index (χ1n) is 6.44. The molecule has 0 radical (unpaired) electrons. The number of benzene rings is 1. The molecule has 1 N–H and O–H groups in total. The van der Waals surface area contributed by atoms with Gasteiger partial charge in [0.15, 0.2) is 0 Å². The van der Waals surface area contributed by atoms with Crippen molar-refractivity contribution < 1.29 is 18.7 Å². The minimum absolute atomic E-state index is 0.122. The molecule has 0 saturated carbocycles. The summed E-state index contributed by atoms with van der Waals surface area (Å²) in [4.78, 5) is 25.3. The Morgan fingerprint density at radius 3 is 2.80 bits per heavy atom. The molecule has 1 aromatic carbocycles. The van der Waals surface area contributed by atoms with Crippen molar-refractivity contribution in [3.05, 3.63) is 30.1 Å². The van der Waals surface area contributed by atoms with E-state index in [4.69, 9.17) is 4.74 Å². The number of anilines is 1. The molecular formula is C14H17FN2O3. The quantitative estimate of drug-likeness (QED) is 0.817. The minimum Gasteiger partial charge on any atom is -0.383 e. The molecule has 0 unspecified atom stereocenters. The van der Waals surface area contributed by atoms with E-state index in [1.165, 1.54) is 17.0 Å². The zero-order valence-electron chi connectivity index (χ0n) is 11.3. The molecule has 1 aliphatic heterocycles. The summed E-state index contributed by atoms with van der Waals surface area (Å²) >= 11 is 0. The van der Waals surface area contributed by atoms with Crippen molar-refractivity contribution in [2.75, 3.05) is 31.7 Å². The normalized spacial score (nSPS) is 18.4. The van der Waals surface area contributed by atoms with Gasteiger partial charge < -0.3 is 15.0 Å². The lowest BCUT2D eigenvalue weighted by atomic mass is 10.1. The molecular weight excluding hydrogens is 263 g/mol. The average Bonchev–Trinajstić information content (AvgIpc) is 2.82. The van der Waals surface area contributed by atoms with Gasteiger partial charge in [-0.3, -0.25) is 9.59 Å². The van der Waals surface area contributed by atoms with Crippen LogP contribution < -0.4 is 10.2 Å². The Hall–Kier alpha value is -1.95. The van der Waals surface area contributed by atoms with Crippen LogP contribution in [0.15, 0.2) is 24.3 Å². The maximum absolute atomic E-state index is 12.9. The molecule has 20 heavy (non-hydrogen) atoms. The summed E-state index contributed by atoms with van der Waals surface area (Å²) in [7, 11) is 1.56. The fourth-order valence-electron chi connectivity index (χ4n) is 2.17. The summed E-state index contributed by atoms with van der Waals surface area (Å²) in [6.07, 6.45) is 0.177. The second kappa shape index (κ2) is 6.47. The standard InChI is InChI=1S/C14H17FN2O3/c1-20-7-6-16-14(19)10-8-13(18)17(9-10)12-4-2-11(15)3-5-12/h2-5,10H,6-9H2,1H3,(H,16,19)/t10-/m0/s1. The average molecular weight is 280 g/mol. The van der Waals surface area contributed by atoms with E-state index < -0.39 is 0 Å². The molecule has 0 aromatic heterocycles. The third kappa shape index (κ3) is 3.33. The predicted octanol–water partition coefficient (Wildman–Crippen LogP) is 0.941. The van der Waals surface area contributed by atoms with Gasteiger partial charge >= 0.3 is 0 Å². The van der Waals surface area contributed by atoms with Crippen LogP contribution in [-0.4, -0.2) is 38.6 Å². The van der Waals surface area contributed by atoms with Gasteiger partial charge in [0.05, 0.1) is 12.5 Å². The Morgan fingerprint density at radius 2 is 2.15 bits per heavy atom. The molecule has 1 fully saturated rings. The van der Waals surface area contributed by atoms with Gasteiger partial charge in [-0.2, -0.15) is 0 Å². The monoisotopic (exact) mass is 280 g/mol. The fourth-order valence-corrected chi connectivity index (χ4v) is 2.17. The van der Waals surface area contributed by atoms with E-state index in [0.717, 1.165) is 0 Å². The number of amides is 2. The number of halogens is 1. The number of hydrogen-bond donors (Lipinski definition) is 1. The maximum Gasteiger partial charge on any atom is 0.227 e. The van der Waals surface area contributed by atoms with Crippen LogP contribution in [0.2, 0.25) is 0 Å². The summed E-state index contributed by atoms with van der Waals surface area (Å²) in [5.41, 5.74) is 0.614. The van der Waals surface area contributed by atoms with Gasteiger partial charge in [-0.25, -0.2) is 4.39 Å². The van der Waals surface area contributed by atoms with Crippen LogP contribution in [0.3, 0.4) is 0 Å². The van der Waals surface area contributed by atoms with Crippen LogP contribution in [0.1, 0.15) is 6.42 Å². The number of nitrogens with zero attached hydrogens (tertiary/aromatic N) is 1. The lowest BCUT2D eigenvalue weighted by molar-refractivity contribution is -0.126. The van der Waals surface area contributed by atoms with Gasteiger partial charge in [-0.15, -0.1) is 0 Å². The lowest BCUT2D eigenvalue weighted by Gasteiger charge is -2.16. The molecule has 108 valence electrons. The Bertz CT molecular complexity index is 490. The van der Waals surface area contributed by atoms with Crippen LogP contribution in [0, 0.1) is 11.7 Å². The molecule has 2 rings (SSSR count). The van der Waals surface area contributed by atoms with E-state index in [-0.39, 0.29) is 30.0 Å². The number of hydrogen-bond acceptors (Lipinski definition) is 3. The summed E-state index contributed by atoms with van der Waals surface area (Å²) in [6, 6.07) is 5.68. The topological polar surface area (TPSA) is 58.6 Å². The third-order valence-corrected chi connectivity index (χ3v) is 3.24. The first kappa shape index (κ1) is 14.5. The molecule has 1 saturated heterocycles. The number of nitrogens with one attached hydrogen (secondary N) is 1. The maximum atomic E-state index is 12.9. The molecule has 5 nitrogen and oxygen atoms in total. The summed E-state index contributed by atoms with van der Waals surface area (Å²) in [5, 5.41) is 2.72. The number of carbonyl (C=O) groups excluding carboxylic acids is 2. The van der Waals surface area contributed by atoms with Crippen LogP contribution in [0.5, 0.6) is 0 Å². The van der Waals surface area contributed by atoms with Crippen molar-refractivity contribution in [1.29, 1.82) is 0 Å². The minimum atomic E-state index is -0.371. The number of methoxy groups -OCH3 is 1. The van der Waals surface area contributed by atoms with Crippen molar-refractivity contribution in [1.82, 2.24) is 5.32 Å². The Kier molecular flexibility index (Phi) is 4.68. The molecule has 1 aromatic rings. The highest BCUT2D eigenvalue weighted by molar-refractivity contribution is 6.00. The Balaban J connectivity index is 1.96. The first-order chi connectivity index (χ1) is 9.61. The molecule has 1 atom stereocenters. The number of ether oxygens (including phenoxy) is 1. The SMILES string of the molecule is COCCNC(=O)[C@H]1CC(=O)N(c2ccc(F)cc2)C1. The van der Waals surface area contributed by atoms with Crippen LogP contribution in [0.4, 0.5) is 10.1 Å². The Morgan fingerprint density at radius 1 is 1.45 bits per heavy atom. The molecule has 6 heteroatoms. The van der Waals surface area contributed by atoms with Crippen molar-refractivity contribution in [2.24, 2.45) is 5.92 Å². The molecule has 2 amide bonds. The zero-order valence-corrected chi connectivity index (χ0v) is 11.3. The molecule has 0 aliphatic carbocycles. The number of carbonyl (C=O) groups is 2. The molecule has 1 heterocycles. The predicted molar refractivity (Wildman–Crippen MR) is 71.7 cm³/mol. The van der Waals surface area contributed by atoms with E-state index in [2.05, 4.69) is 5.32 Å². The molecule has 1 aliphatic rings. The highest BCUT2D eigenvalue weighted by Crippen LogP contribution is 2.25. The van der Waals surface area contributed by atoms with Crippen LogP contribution in [-0.2, 0) is 14.3 Å². The van der Waals surface area contributed by atoms with Gasteiger partial charge in [0, 0.05) is 32.3 Å². The Labute approximate surface area is 116 Å². The van der Waals surface area contributed by atoms with Crippen molar-refractivity contribution in [3.8, 4) is 0 Å².